The Labute approximate surface area is 98.2 Å². The predicted molar refractivity (Wildman–Crippen MR) is 65.5 cm³/mol. The topological polar surface area (TPSA) is 13.1 Å². The zero-order valence-electron chi connectivity index (χ0n) is 10.7. The van der Waals surface area contributed by atoms with Gasteiger partial charge in [-0.3, -0.25) is 0 Å². The number of hydrogen-bond donors (Lipinski definition) is 0. The molecule has 16 heavy (non-hydrogen) atoms. The molecule has 3 rings (SSSR count). The van der Waals surface area contributed by atoms with Gasteiger partial charge in [-0.05, 0) is 42.2 Å². The van der Waals surface area contributed by atoms with E-state index in [1.807, 2.05) is 6.26 Å². The molecule has 1 fully saturated rings. The van der Waals surface area contributed by atoms with Crippen LogP contribution in [0.4, 0.5) is 0 Å². The number of aryl methyl sites for hydroxylation is 1. The van der Waals surface area contributed by atoms with Crippen LogP contribution >= 0.6 is 0 Å². The van der Waals surface area contributed by atoms with Gasteiger partial charge in [0.2, 0.25) is 0 Å². The molecule has 1 heterocycles. The van der Waals surface area contributed by atoms with E-state index in [1.54, 1.807) is 0 Å². The van der Waals surface area contributed by atoms with E-state index < -0.39 is 0 Å². The molecule has 3 atom stereocenters. The van der Waals surface area contributed by atoms with Gasteiger partial charge in [0.1, 0.15) is 5.76 Å². The van der Waals surface area contributed by atoms with Crippen molar-refractivity contribution in [3.05, 3.63) is 23.7 Å². The lowest BCUT2D eigenvalue weighted by Crippen LogP contribution is -2.51. The van der Waals surface area contributed by atoms with Crippen molar-refractivity contribution >= 4 is 0 Å². The summed E-state index contributed by atoms with van der Waals surface area (Å²) < 4.78 is 5.84. The molecule has 0 radical (unpaired) electrons. The molecule has 1 aromatic rings. The maximum Gasteiger partial charge on any atom is 0.113 e. The summed E-state index contributed by atoms with van der Waals surface area (Å²) in [6.07, 6.45) is 8.48. The van der Waals surface area contributed by atoms with Crippen molar-refractivity contribution in [2.24, 2.45) is 11.3 Å². The van der Waals surface area contributed by atoms with Gasteiger partial charge in [0.05, 0.1) is 6.26 Å². The molecule has 0 aliphatic heterocycles. The average molecular weight is 218 g/mol. The van der Waals surface area contributed by atoms with E-state index in [1.165, 1.54) is 43.4 Å². The van der Waals surface area contributed by atoms with Crippen LogP contribution in [0.1, 0.15) is 57.8 Å². The molecule has 1 heteroatoms. The van der Waals surface area contributed by atoms with Gasteiger partial charge in [-0.25, -0.2) is 0 Å². The third-order valence-corrected chi connectivity index (χ3v) is 5.82. The standard InChI is InChI=1S/C15H22O/c1-11-5-4-8-15(3)13-12(7-10-16-13)6-9-14(11,15)2/h7,10-11H,4-6,8-9H2,1-3H3/t11-,14-,15-/m0/s1. The van der Waals surface area contributed by atoms with Crippen molar-refractivity contribution < 1.29 is 4.42 Å². The Morgan fingerprint density at radius 1 is 1.31 bits per heavy atom. The number of rotatable bonds is 0. The van der Waals surface area contributed by atoms with Crippen LogP contribution in [0.2, 0.25) is 0 Å². The van der Waals surface area contributed by atoms with Gasteiger partial charge in [0.25, 0.3) is 0 Å². The van der Waals surface area contributed by atoms with Crippen molar-refractivity contribution in [1.82, 2.24) is 0 Å². The minimum absolute atomic E-state index is 0.280. The molecule has 0 saturated heterocycles. The summed E-state index contributed by atoms with van der Waals surface area (Å²) in [5, 5.41) is 0. The molecule has 0 unspecified atom stereocenters. The Morgan fingerprint density at radius 3 is 2.94 bits per heavy atom. The fraction of sp³-hybridized carbons (Fsp3) is 0.733. The Balaban J connectivity index is 2.15. The first-order chi connectivity index (χ1) is 7.58. The van der Waals surface area contributed by atoms with Crippen molar-refractivity contribution in [3.63, 3.8) is 0 Å². The largest absolute Gasteiger partial charge is 0.468 e. The van der Waals surface area contributed by atoms with E-state index in [2.05, 4.69) is 26.8 Å². The van der Waals surface area contributed by atoms with E-state index in [0.29, 0.717) is 5.41 Å². The van der Waals surface area contributed by atoms with Crippen LogP contribution in [0, 0.1) is 11.3 Å². The van der Waals surface area contributed by atoms with Crippen LogP contribution in [0.25, 0.3) is 0 Å². The molecule has 2 aliphatic carbocycles. The zero-order valence-corrected chi connectivity index (χ0v) is 10.7. The summed E-state index contributed by atoms with van der Waals surface area (Å²) in [6, 6.07) is 2.18. The molecule has 0 amide bonds. The van der Waals surface area contributed by atoms with Crippen molar-refractivity contribution in [2.45, 2.75) is 58.3 Å². The first kappa shape index (κ1) is 10.4. The summed E-state index contributed by atoms with van der Waals surface area (Å²) in [5.74, 6) is 2.12. The lowest BCUT2D eigenvalue weighted by molar-refractivity contribution is -0.00327. The smallest absolute Gasteiger partial charge is 0.113 e. The zero-order chi connectivity index (χ0) is 11.4. The summed E-state index contributed by atoms with van der Waals surface area (Å²) in [5.41, 5.74) is 2.19. The highest BCUT2D eigenvalue weighted by Gasteiger charge is 2.55. The summed E-state index contributed by atoms with van der Waals surface area (Å²) in [4.78, 5) is 0. The van der Waals surface area contributed by atoms with Crippen molar-refractivity contribution in [3.8, 4) is 0 Å². The second-order valence-corrected chi connectivity index (χ2v) is 6.32. The van der Waals surface area contributed by atoms with Gasteiger partial charge in [-0.15, -0.1) is 0 Å². The molecular weight excluding hydrogens is 196 g/mol. The van der Waals surface area contributed by atoms with E-state index in [0.717, 1.165) is 5.92 Å². The Bertz CT molecular complexity index is 405. The molecule has 0 aromatic carbocycles. The monoisotopic (exact) mass is 218 g/mol. The summed E-state index contributed by atoms with van der Waals surface area (Å²) in [6.45, 7) is 7.36. The van der Waals surface area contributed by atoms with Crippen LogP contribution in [0.15, 0.2) is 16.7 Å². The number of hydrogen-bond acceptors (Lipinski definition) is 1. The van der Waals surface area contributed by atoms with Gasteiger partial charge in [-0.2, -0.15) is 0 Å². The SMILES string of the molecule is C[C@H]1CCC[C@@]2(C)c3occc3CC[C@@]12C. The Hall–Kier alpha value is -0.720. The highest BCUT2D eigenvalue weighted by molar-refractivity contribution is 5.32. The molecular formula is C15H22O. The molecule has 1 aromatic heterocycles. The van der Waals surface area contributed by atoms with Gasteiger partial charge in [-0.1, -0.05) is 33.6 Å². The quantitative estimate of drug-likeness (QED) is 0.632. The average Bonchev–Trinajstić information content (AvgIpc) is 2.71. The van der Waals surface area contributed by atoms with E-state index >= 15 is 0 Å². The molecule has 0 N–H and O–H groups in total. The molecule has 88 valence electrons. The molecule has 2 aliphatic rings. The second kappa shape index (κ2) is 3.15. The van der Waals surface area contributed by atoms with Crippen molar-refractivity contribution in [1.29, 1.82) is 0 Å². The van der Waals surface area contributed by atoms with Gasteiger partial charge < -0.3 is 4.42 Å². The van der Waals surface area contributed by atoms with E-state index in [-0.39, 0.29) is 5.41 Å². The first-order valence-corrected chi connectivity index (χ1v) is 6.65. The minimum atomic E-state index is 0.280. The lowest BCUT2D eigenvalue weighted by Gasteiger charge is -2.55. The van der Waals surface area contributed by atoms with Gasteiger partial charge in [0, 0.05) is 5.41 Å². The van der Waals surface area contributed by atoms with Crippen LogP contribution in [0.3, 0.4) is 0 Å². The molecule has 1 saturated carbocycles. The first-order valence-electron chi connectivity index (χ1n) is 6.65. The lowest BCUT2D eigenvalue weighted by atomic mass is 9.48. The maximum absolute atomic E-state index is 5.84. The summed E-state index contributed by atoms with van der Waals surface area (Å²) >= 11 is 0. The predicted octanol–water partition coefficient (Wildman–Crippen LogP) is 4.31. The Kier molecular flexibility index (Phi) is 2.05. The van der Waals surface area contributed by atoms with Crippen LogP contribution in [0.5, 0.6) is 0 Å². The van der Waals surface area contributed by atoms with Crippen molar-refractivity contribution in [2.75, 3.05) is 0 Å². The molecule has 1 nitrogen and oxygen atoms in total. The maximum atomic E-state index is 5.84. The fourth-order valence-electron chi connectivity index (χ4n) is 4.22. The summed E-state index contributed by atoms with van der Waals surface area (Å²) in [7, 11) is 0. The van der Waals surface area contributed by atoms with Gasteiger partial charge >= 0.3 is 0 Å². The second-order valence-electron chi connectivity index (χ2n) is 6.32. The fourth-order valence-corrected chi connectivity index (χ4v) is 4.22. The third-order valence-electron chi connectivity index (χ3n) is 5.82. The normalized spacial score (nSPS) is 42.6. The highest BCUT2D eigenvalue weighted by atomic mass is 16.3. The van der Waals surface area contributed by atoms with Gasteiger partial charge in [0.15, 0.2) is 0 Å². The molecule has 0 spiro atoms. The number of furan rings is 1. The highest BCUT2D eigenvalue weighted by Crippen LogP contribution is 2.60. The van der Waals surface area contributed by atoms with E-state index in [9.17, 15) is 0 Å². The van der Waals surface area contributed by atoms with Crippen LogP contribution < -0.4 is 0 Å². The minimum Gasteiger partial charge on any atom is -0.468 e. The van der Waals surface area contributed by atoms with Crippen LogP contribution in [-0.2, 0) is 11.8 Å². The molecule has 0 bridgehead atoms. The van der Waals surface area contributed by atoms with E-state index in [4.69, 9.17) is 4.42 Å². The third kappa shape index (κ3) is 1.07. The Morgan fingerprint density at radius 2 is 2.12 bits per heavy atom. The number of fused-ring (bicyclic) bond motifs is 3. The van der Waals surface area contributed by atoms with Crippen LogP contribution in [-0.4, -0.2) is 0 Å².